The first-order valence-corrected chi connectivity index (χ1v) is 16.6. The van der Waals surface area contributed by atoms with Crippen LogP contribution in [0.5, 0.6) is 0 Å². The van der Waals surface area contributed by atoms with E-state index in [1.807, 2.05) is 13.8 Å². The van der Waals surface area contributed by atoms with Crippen LogP contribution in [0.4, 0.5) is 0 Å². The fourth-order valence-electron chi connectivity index (χ4n) is 11.9. The number of ether oxygens (including phenoxy) is 1. The molecule has 0 saturated heterocycles. The highest BCUT2D eigenvalue weighted by atomic mass is 16.5. The van der Waals surface area contributed by atoms with Crippen LogP contribution >= 0.6 is 0 Å². The van der Waals surface area contributed by atoms with E-state index < -0.39 is 0 Å². The lowest BCUT2D eigenvalue weighted by molar-refractivity contribution is -0.264. The van der Waals surface area contributed by atoms with Gasteiger partial charge in [0, 0.05) is 0 Å². The maximum Gasteiger partial charge on any atom is 0.311 e. The van der Waals surface area contributed by atoms with E-state index in [2.05, 4.69) is 62.3 Å². The van der Waals surface area contributed by atoms with Gasteiger partial charge in [-0.15, -0.1) is 0 Å². The van der Waals surface area contributed by atoms with Crippen molar-refractivity contribution in [3.63, 3.8) is 0 Å². The SMILES string of the molecule is CCC(C)(C)C(=O)OC1CCC2C(C)(CCC3C2(C)CCC2(C)C4CC(C)(C)CCC4(C)CCC32C)C1C. The van der Waals surface area contributed by atoms with Crippen LogP contribution in [0, 0.1) is 61.6 Å². The lowest BCUT2D eigenvalue weighted by Gasteiger charge is -2.75. The van der Waals surface area contributed by atoms with Gasteiger partial charge in [-0.25, -0.2) is 0 Å². The molecule has 38 heavy (non-hydrogen) atoms. The number of carbonyl (C=O) groups excluding carboxylic acids is 1. The van der Waals surface area contributed by atoms with Crippen LogP contribution in [0.2, 0.25) is 0 Å². The minimum Gasteiger partial charge on any atom is -0.462 e. The highest BCUT2D eigenvalue weighted by molar-refractivity contribution is 5.76. The number of fused-ring (bicyclic) bond motifs is 7. The summed E-state index contributed by atoms with van der Waals surface area (Å²) in [7, 11) is 0. The highest BCUT2D eigenvalue weighted by Gasteiger charge is 2.71. The smallest absolute Gasteiger partial charge is 0.311 e. The third kappa shape index (κ3) is 3.86. The Balaban J connectivity index is 1.43. The molecule has 2 heteroatoms. The van der Waals surface area contributed by atoms with Crippen molar-refractivity contribution >= 4 is 5.97 Å². The van der Waals surface area contributed by atoms with Gasteiger partial charge >= 0.3 is 5.97 Å². The van der Waals surface area contributed by atoms with Gasteiger partial charge in [-0.2, -0.15) is 0 Å². The van der Waals surface area contributed by atoms with Gasteiger partial charge in [0.05, 0.1) is 5.41 Å². The van der Waals surface area contributed by atoms with E-state index in [1.54, 1.807) is 0 Å². The van der Waals surface area contributed by atoms with Crippen LogP contribution in [0.3, 0.4) is 0 Å². The summed E-state index contributed by atoms with van der Waals surface area (Å²) >= 11 is 0. The minimum absolute atomic E-state index is 0.0143. The number of hydrogen-bond donors (Lipinski definition) is 0. The fourth-order valence-corrected chi connectivity index (χ4v) is 11.9. The van der Waals surface area contributed by atoms with E-state index in [-0.39, 0.29) is 22.9 Å². The molecule has 0 spiro atoms. The maximum atomic E-state index is 13.1. The zero-order valence-corrected chi connectivity index (χ0v) is 27.2. The van der Waals surface area contributed by atoms with E-state index in [9.17, 15) is 4.79 Å². The van der Waals surface area contributed by atoms with Crippen molar-refractivity contribution in [2.45, 2.75) is 159 Å². The molecule has 218 valence electrons. The van der Waals surface area contributed by atoms with Crippen molar-refractivity contribution in [3.8, 4) is 0 Å². The molecule has 0 aliphatic heterocycles. The average molecular weight is 527 g/mol. The van der Waals surface area contributed by atoms with Gasteiger partial charge in [-0.1, -0.05) is 62.3 Å². The second-order valence-electron chi connectivity index (χ2n) is 18.1. The summed E-state index contributed by atoms with van der Waals surface area (Å²) in [6, 6.07) is 0. The quantitative estimate of drug-likeness (QED) is 0.342. The molecule has 5 saturated carbocycles. The molecule has 0 aromatic rings. The van der Waals surface area contributed by atoms with Crippen molar-refractivity contribution in [3.05, 3.63) is 0 Å². The highest BCUT2D eigenvalue weighted by Crippen LogP contribution is 2.78. The van der Waals surface area contributed by atoms with Gasteiger partial charge in [0.25, 0.3) is 0 Å². The summed E-state index contributed by atoms with van der Waals surface area (Å²) in [6.07, 6.45) is 15.8. The topological polar surface area (TPSA) is 26.3 Å². The minimum atomic E-state index is -0.382. The summed E-state index contributed by atoms with van der Waals surface area (Å²) in [4.78, 5) is 13.1. The average Bonchev–Trinajstić information content (AvgIpc) is 2.84. The van der Waals surface area contributed by atoms with Crippen LogP contribution in [-0.2, 0) is 9.53 Å². The molecule has 0 heterocycles. The van der Waals surface area contributed by atoms with E-state index in [4.69, 9.17) is 4.74 Å². The summed E-state index contributed by atoms with van der Waals surface area (Å²) < 4.78 is 6.32. The Labute approximate surface area is 236 Å². The Morgan fingerprint density at radius 1 is 0.737 bits per heavy atom. The molecule has 0 N–H and O–H groups in total. The zero-order valence-electron chi connectivity index (χ0n) is 27.2. The Hall–Kier alpha value is -0.530. The van der Waals surface area contributed by atoms with Gasteiger partial charge in [-0.3, -0.25) is 4.79 Å². The van der Waals surface area contributed by atoms with Gasteiger partial charge in [-0.05, 0) is 147 Å². The predicted octanol–water partition coefficient (Wildman–Crippen LogP) is 10.2. The van der Waals surface area contributed by atoms with Crippen molar-refractivity contribution < 1.29 is 9.53 Å². The lowest BCUT2D eigenvalue weighted by Crippen LogP contribution is -2.68. The lowest BCUT2D eigenvalue weighted by atomic mass is 9.30. The van der Waals surface area contributed by atoms with Crippen molar-refractivity contribution in [1.82, 2.24) is 0 Å². The van der Waals surface area contributed by atoms with Crippen LogP contribution in [0.1, 0.15) is 153 Å². The third-order valence-corrected chi connectivity index (χ3v) is 15.6. The molecule has 0 aromatic carbocycles. The first-order valence-electron chi connectivity index (χ1n) is 16.6. The molecule has 0 radical (unpaired) electrons. The molecule has 10 unspecified atom stereocenters. The second kappa shape index (κ2) is 8.74. The normalized spacial score (nSPS) is 52.1. The number of carbonyl (C=O) groups is 1. The van der Waals surface area contributed by atoms with Crippen molar-refractivity contribution in [1.29, 1.82) is 0 Å². The Kier molecular flexibility index (Phi) is 6.66. The van der Waals surface area contributed by atoms with Gasteiger partial charge in [0.1, 0.15) is 6.10 Å². The summed E-state index contributed by atoms with van der Waals surface area (Å²) in [5.41, 5.74) is 2.23. The van der Waals surface area contributed by atoms with Gasteiger partial charge < -0.3 is 4.74 Å². The van der Waals surface area contributed by atoms with Crippen molar-refractivity contribution in [2.24, 2.45) is 61.6 Å². The molecule has 5 aliphatic carbocycles. The number of esters is 1. The first-order chi connectivity index (χ1) is 17.4. The van der Waals surface area contributed by atoms with E-state index in [1.165, 1.54) is 64.2 Å². The van der Waals surface area contributed by atoms with Gasteiger partial charge in [0.15, 0.2) is 0 Å². The Morgan fingerprint density at radius 2 is 1.34 bits per heavy atom. The molecular weight excluding hydrogens is 464 g/mol. The second-order valence-corrected chi connectivity index (χ2v) is 18.1. The fraction of sp³-hybridized carbons (Fsp3) is 0.972. The maximum absolute atomic E-state index is 13.1. The molecule has 5 rings (SSSR count). The van der Waals surface area contributed by atoms with Crippen LogP contribution < -0.4 is 0 Å². The zero-order chi connectivity index (χ0) is 28.2. The largest absolute Gasteiger partial charge is 0.462 e. The number of rotatable bonds is 3. The molecule has 2 nitrogen and oxygen atoms in total. The van der Waals surface area contributed by atoms with Crippen LogP contribution in [-0.4, -0.2) is 12.1 Å². The Morgan fingerprint density at radius 3 is 2.00 bits per heavy atom. The predicted molar refractivity (Wildman–Crippen MR) is 159 cm³/mol. The van der Waals surface area contributed by atoms with E-state index in [0.717, 1.165) is 30.6 Å². The third-order valence-electron chi connectivity index (χ3n) is 15.6. The number of hydrogen-bond acceptors (Lipinski definition) is 2. The molecule has 0 amide bonds. The summed E-state index contributed by atoms with van der Waals surface area (Å²) in [6.45, 7) is 27.2. The van der Waals surface area contributed by atoms with Gasteiger partial charge in [0.2, 0.25) is 0 Å². The molecule has 0 bridgehead atoms. The monoisotopic (exact) mass is 526 g/mol. The van der Waals surface area contributed by atoms with Crippen LogP contribution in [0.15, 0.2) is 0 Å². The molecule has 10 atom stereocenters. The molecule has 0 aromatic heterocycles. The molecule has 5 fully saturated rings. The van der Waals surface area contributed by atoms with E-state index in [0.29, 0.717) is 33.0 Å². The summed E-state index contributed by atoms with van der Waals surface area (Å²) in [5, 5.41) is 0. The Bertz CT molecular complexity index is 949. The molecular formula is C36H62O2. The molecule has 5 aliphatic rings. The van der Waals surface area contributed by atoms with E-state index >= 15 is 0 Å². The van der Waals surface area contributed by atoms with Crippen molar-refractivity contribution in [2.75, 3.05) is 0 Å². The first kappa shape index (κ1) is 29.0. The summed E-state index contributed by atoms with van der Waals surface area (Å²) in [5.74, 6) is 2.89. The van der Waals surface area contributed by atoms with Crippen LogP contribution in [0.25, 0.3) is 0 Å². The standard InChI is InChI=1S/C36H62O2/c1-12-31(5,6)29(37)38-25-13-14-26-33(8,24(25)2)16-15-27-34(26,9)20-22-36(11)28-23-30(3,4)17-18-32(28,7)19-21-35(27,36)10/h24-28H,12-23H2,1-11H3.